The Kier molecular flexibility index (Phi) is 4.97. The molecule has 2 heterocycles. The van der Waals surface area contributed by atoms with Crippen molar-refractivity contribution in [1.29, 1.82) is 0 Å². The first-order valence-corrected chi connectivity index (χ1v) is 8.26. The van der Waals surface area contributed by atoms with Crippen molar-refractivity contribution in [2.75, 3.05) is 20.2 Å². The molecule has 1 fully saturated rings. The molecule has 1 unspecified atom stereocenters. The third kappa shape index (κ3) is 3.79. The van der Waals surface area contributed by atoms with E-state index in [2.05, 4.69) is 4.98 Å². The maximum atomic E-state index is 12.8. The average Bonchev–Trinajstić information content (AvgIpc) is 2.67. The second-order valence-electron chi connectivity index (χ2n) is 6.19. The lowest BCUT2D eigenvalue weighted by Gasteiger charge is -2.31. The van der Waals surface area contributed by atoms with Gasteiger partial charge in [0.15, 0.2) is 0 Å². The van der Waals surface area contributed by atoms with E-state index in [1.165, 1.54) is 0 Å². The van der Waals surface area contributed by atoms with Crippen LogP contribution in [0.2, 0.25) is 0 Å². The number of carbonyl (C=O) groups excluding carboxylic acids is 2. The van der Waals surface area contributed by atoms with Crippen LogP contribution in [-0.4, -0.2) is 41.9 Å². The molecular formula is C19H21N3O3. The Bertz CT molecular complexity index is 791. The van der Waals surface area contributed by atoms with Gasteiger partial charge in [-0.2, -0.15) is 0 Å². The van der Waals surface area contributed by atoms with E-state index in [9.17, 15) is 9.59 Å². The summed E-state index contributed by atoms with van der Waals surface area (Å²) in [5, 5.41) is 0. The number of ether oxygens (including phenoxy) is 1. The number of amides is 2. The minimum atomic E-state index is -0.339. The number of nitrogens with zero attached hydrogens (tertiary/aromatic N) is 2. The van der Waals surface area contributed by atoms with Crippen molar-refractivity contribution in [3.05, 3.63) is 48.3 Å². The lowest BCUT2D eigenvalue weighted by atomic mass is 9.96. The second-order valence-corrected chi connectivity index (χ2v) is 6.19. The molecule has 2 N–H and O–H groups in total. The van der Waals surface area contributed by atoms with Gasteiger partial charge in [-0.15, -0.1) is 0 Å². The van der Waals surface area contributed by atoms with Crippen LogP contribution in [0.3, 0.4) is 0 Å². The monoisotopic (exact) mass is 339 g/mol. The summed E-state index contributed by atoms with van der Waals surface area (Å²) in [6, 6.07) is 9.27. The second kappa shape index (κ2) is 7.34. The van der Waals surface area contributed by atoms with Gasteiger partial charge in [-0.3, -0.25) is 14.6 Å². The molecule has 0 aliphatic carbocycles. The third-order valence-electron chi connectivity index (χ3n) is 4.50. The van der Waals surface area contributed by atoms with Crippen LogP contribution in [0.25, 0.3) is 11.1 Å². The van der Waals surface area contributed by atoms with Gasteiger partial charge < -0.3 is 15.4 Å². The Hall–Kier alpha value is -2.89. The van der Waals surface area contributed by atoms with Crippen LogP contribution in [0.5, 0.6) is 5.75 Å². The van der Waals surface area contributed by atoms with Crippen LogP contribution < -0.4 is 10.5 Å². The van der Waals surface area contributed by atoms with Crippen molar-refractivity contribution in [2.24, 2.45) is 11.7 Å². The van der Waals surface area contributed by atoms with Gasteiger partial charge in [0.1, 0.15) is 5.75 Å². The fraction of sp³-hybridized carbons (Fsp3) is 0.316. The van der Waals surface area contributed by atoms with E-state index in [1.54, 1.807) is 30.5 Å². The quantitative estimate of drug-likeness (QED) is 0.924. The van der Waals surface area contributed by atoms with Crippen LogP contribution >= 0.6 is 0 Å². The molecule has 6 nitrogen and oxygen atoms in total. The molecule has 6 heteroatoms. The van der Waals surface area contributed by atoms with E-state index in [0.717, 1.165) is 24.0 Å². The van der Waals surface area contributed by atoms with E-state index in [0.29, 0.717) is 24.4 Å². The van der Waals surface area contributed by atoms with E-state index in [1.807, 2.05) is 24.3 Å². The van der Waals surface area contributed by atoms with Crippen LogP contribution in [0, 0.1) is 5.92 Å². The summed E-state index contributed by atoms with van der Waals surface area (Å²) >= 11 is 0. The number of likely N-dealkylation sites (tertiary alicyclic amines) is 1. The third-order valence-corrected chi connectivity index (χ3v) is 4.50. The number of carbonyl (C=O) groups is 2. The molecule has 1 aliphatic rings. The van der Waals surface area contributed by atoms with Crippen molar-refractivity contribution >= 4 is 11.8 Å². The zero-order chi connectivity index (χ0) is 17.8. The van der Waals surface area contributed by atoms with Crippen molar-refractivity contribution in [2.45, 2.75) is 12.8 Å². The average molecular weight is 339 g/mol. The summed E-state index contributed by atoms with van der Waals surface area (Å²) in [5.41, 5.74) is 7.76. The summed E-state index contributed by atoms with van der Waals surface area (Å²) in [6.07, 6.45) is 4.90. The Morgan fingerprint density at radius 2 is 2.08 bits per heavy atom. The van der Waals surface area contributed by atoms with Crippen LogP contribution in [0.1, 0.15) is 23.2 Å². The molecule has 25 heavy (non-hydrogen) atoms. The molecule has 0 spiro atoms. The summed E-state index contributed by atoms with van der Waals surface area (Å²) in [6.45, 7) is 1.03. The molecular weight excluding hydrogens is 318 g/mol. The number of piperidine rings is 1. The molecule has 1 saturated heterocycles. The normalized spacial score (nSPS) is 17.2. The molecule has 2 amide bonds. The Balaban J connectivity index is 1.83. The van der Waals surface area contributed by atoms with Gasteiger partial charge in [-0.05, 0) is 36.6 Å². The minimum absolute atomic E-state index is 0.0799. The molecule has 130 valence electrons. The topological polar surface area (TPSA) is 85.5 Å². The Labute approximate surface area is 146 Å². The van der Waals surface area contributed by atoms with Gasteiger partial charge in [-0.1, -0.05) is 12.1 Å². The predicted molar refractivity (Wildman–Crippen MR) is 94.0 cm³/mol. The molecule has 1 atom stereocenters. The van der Waals surface area contributed by atoms with Gasteiger partial charge in [0, 0.05) is 30.4 Å². The highest BCUT2D eigenvalue weighted by Gasteiger charge is 2.27. The fourth-order valence-electron chi connectivity index (χ4n) is 3.10. The summed E-state index contributed by atoms with van der Waals surface area (Å²) in [4.78, 5) is 30.1. The predicted octanol–water partition coefficient (Wildman–Crippen LogP) is 2.09. The lowest BCUT2D eigenvalue weighted by Crippen LogP contribution is -2.44. The SMILES string of the molecule is COc1cncc(-c2cccc(C(=O)N3CCCC(C(N)=O)C3)c2)c1. The highest BCUT2D eigenvalue weighted by atomic mass is 16.5. The first-order chi connectivity index (χ1) is 12.1. The smallest absolute Gasteiger partial charge is 0.253 e. The number of nitrogens with two attached hydrogens (primary N) is 1. The fourth-order valence-corrected chi connectivity index (χ4v) is 3.10. The number of primary amides is 1. The maximum absolute atomic E-state index is 12.8. The largest absolute Gasteiger partial charge is 0.495 e. The van der Waals surface area contributed by atoms with Gasteiger partial charge in [-0.25, -0.2) is 0 Å². The molecule has 2 aromatic rings. The zero-order valence-electron chi connectivity index (χ0n) is 14.1. The number of aromatic nitrogens is 1. The van der Waals surface area contributed by atoms with E-state index in [4.69, 9.17) is 10.5 Å². The van der Waals surface area contributed by atoms with Crippen LogP contribution in [-0.2, 0) is 4.79 Å². The standard InChI is InChI=1S/C19H21N3O3/c1-25-17-9-16(10-21-11-17)13-4-2-5-14(8-13)19(24)22-7-3-6-15(12-22)18(20)23/h2,4-5,8-11,15H,3,6-7,12H2,1H3,(H2,20,23). The molecule has 1 aromatic heterocycles. The van der Waals surface area contributed by atoms with Crippen molar-refractivity contribution in [3.63, 3.8) is 0 Å². The lowest BCUT2D eigenvalue weighted by molar-refractivity contribution is -0.123. The first kappa shape index (κ1) is 17.0. The molecule has 1 aromatic carbocycles. The zero-order valence-corrected chi connectivity index (χ0v) is 14.1. The summed E-state index contributed by atoms with van der Waals surface area (Å²) in [7, 11) is 1.59. The van der Waals surface area contributed by atoms with Crippen LogP contribution in [0.4, 0.5) is 0 Å². The number of pyridine rings is 1. The highest BCUT2D eigenvalue weighted by Crippen LogP contribution is 2.25. The first-order valence-electron chi connectivity index (χ1n) is 8.26. The molecule has 0 saturated carbocycles. The van der Waals surface area contributed by atoms with E-state index >= 15 is 0 Å². The molecule has 1 aliphatic heterocycles. The van der Waals surface area contributed by atoms with Crippen molar-refractivity contribution in [3.8, 4) is 16.9 Å². The van der Waals surface area contributed by atoms with E-state index in [-0.39, 0.29) is 17.7 Å². The number of benzene rings is 1. The number of hydrogen-bond donors (Lipinski definition) is 1. The molecule has 0 bridgehead atoms. The highest BCUT2D eigenvalue weighted by molar-refractivity contribution is 5.96. The van der Waals surface area contributed by atoms with Gasteiger partial charge in [0.25, 0.3) is 5.91 Å². The van der Waals surface area contributed by atoms with Crippen molar-refractivity contribution in [1.82, 2.24) is 9.88 Å². The number of hydrogen-bond acceptors (Lipinski definition) is 4. The maximum Gasteiger partial charge on any atom is 0.253 e. The molecule has 3 rings (SSSR count). The summed E-state index contributed by atoms with van der Waals surface area (Å²) < 4.78 is 5.20. The molecule has 0 radical (unpaired) electrons. The van der Waals surface area contributed by atoms with Crippen molar-refractivity contribution < 1.29 is 14.3 Å². The Morgan fingerprint density at radius 3 is 2.84 bits per heavy atom. The number of rotatable bonds is 4. The van der Waals surface area contributed by atoms with Gasteiger partial charge >= 0.3 is 0 Å². The Morgan fingerprint density at radius 1 is 1.24 bits per heavy atom. The van der Waals surface area contributed by atoms with Gasteiger partial charge in [0.2, 0.25) is 5.91 Å². The van der Waals surface area contributed by atoms with Crippen LogP contribution in [0.15, 0.2) is 42.7 Å². The number of methoxy groups -OCH3 is 1. The summed E-state index contributed by atoms with van der Waals surface area (Å²) in [5.74, 6) is -0.0182. The minimum Gasteiger partial charge on any atom is -0.495 e. The van der Waals surface area contributed by atoms with Gasteiger partial charge in [0.05, 0.1) is 19.2 Å². The van der Waals surface area contributed by atoms with E-state index < -0.39 is 0 Å².